The van der Waals surface area contributed by atoms with Crippen molar-refractivity contribution in [3.05, 3.63) is 30.3 Å². The number of benzene rings is 1. The van der Waals surface area contributed by atoms with Gasteiger partial charge in [0.2, 0.25) is 0 Å². The maximum absolute atomic E-state index is 13.8. The van der Waals surface area contributed by atoms with Crippen LogP contribution in [0.2, 0.25) is 0 Å². The van der Waals surface area contributed by atoms with Crippen molar-refractivity contribution in [3.63, 3.8) is 0 Å². The fourth-order valence-electron chi connectivity index (χ4n) is 10.3. The van der Waals surface area contributed by atoms with Gasteiger partial charge in [-0.3, -0.25) is 0 Å². The molecule has 238 valence electrons. The molecule has 0 aromatic heterocycles. The highest BCUT2D eigenvalue weighted by Gasteiger charge is 2.65. The van der Waals surface area contributed by atoms with E-state index in [1.165, 1.54) is 0 Å². The number of sulfone groups is 1. The Morgan fingerprint density at radius 3 is 2.19 bits per heavy atom. The third kappa shape index (κ3) is 5.72. The second-order valence-electron chi connectivity index (χ2n) is 16.4. The van der Waals surface area contributed by atoms with Gasteiger partial charge in [-0.1, -0.05) is 52.8 Å². The molecule has 9 atom stereocenters. The molecule has 1 aromatic carbocycles. The average molecular weight is 611 g/mol. The smallest absolute Gasteiger partial charge is 0.380 e. The van der Waals surface area contributed by atoms with Crippen molar-refractivity contribution in [2.75, 3.05) is 0 Å². The van der Waals surface area contributed by atoms with Gasteiger partial charge in [-0.25, -0.2) is 8.42 Å². The van der Waals surface area contributed by atoms with Crippen molar-refractivity contribution in [1.82, 2.24) is 0 Å². The summed E-state index contributed by atoms with van der Waals surface area (Å²) in [6.45, 7) is 11.2. The summed E-state index contributed by atoms with van der Waals surface area (Å²) >= 11 is 0. The first-order valence-corrected chi connectivity index (χ1v) is 18.0. The van der Waals surface area contributed by atoms with Gasteiger partial charge in [0.05, 0.1) is 10.1 Å². The van der Waals surface area contributed by atoms with Crippen molar-refractivity contribution in [3.8, 4) is 0 Å². The number of rotatable bonds is 7. The van der Waals surface area contributed by atoms with Crippen LogP contribution in [0.5, 0.6) is 0 Å². The first kappa shape index (κ1) is 32.3. The van der Waals surface area contributed by atoms with Gasteiger partial charge >= 0.3 is 6.18 Å². The fourth-order valence-corrected chi connectivity index (χ4v) is 12.1. The minimum absolute atomic E-state index is 0.0666. The Labute approximate surface area is 252 Å². The van der Waals surface area contributed by atoms with Gasteiger partial charge in [-0.15, -0.1) is 0 Å². The largest absolute Gasteiger partial charge is 0.417 e. The highest BCUT2D eigenvalue weighted by molar-refractivity contribution is 7.92. The Balaban J connectivity index is 1.30. The van der Waals surface area contributed by atoms with Gasteiger partial charge in [0.25, 0.3) is 0 Å². The highest BCUT2D eigenvalue weighted by atomic mass is 32.2. The number of aliphatic hydroxyl groups is 1. The quantitative estimate of drug-likeness (QED) is 0.335. The number of halogens is 3. The maximum atomic E-state index is 13.8. The van der Waals surface area contributed by atoms with Crippen LogP contribution in [-0.4, -0.2) is 30.6 Å². The summed E-state index contributed by atoms with van der Waals surface area (Å²) in [5, 5.41) is 10.1. The second kappa shape index (κ2) is 11.1. The molecule has 0 bridgehead atoms. The second-order valence-corrected chi connectivity index (χ2v) is 18.6. The van der Waals surface area contributed by atoms with Crippen molar-refractivity contribution in [2.24, 2.45) is 45.8 Å². The molecule has 4 aliphatic carbocycles. The van der Waals surface area contributed by atoms with Gasteiger partial charge in [0.1, 0.15) is 0 Å². The predicted octanol–water partition coefficient (Wildman–Crippen LogP) is 9.39. The SMILES string of the molecule is CC(C)(C)CCC(CCC1CCC2C3CCC4C[C@](O)(C(F)(F)F)CCC4(C)C3CCC12C)S(=O)(=O)c1ccccc1. The molecule has 4 fully saturated rings. The number of fused-ring (bicyclic) bond motifs is 5. The zero-order valence-electron chi connectivity index (χ0n) is 26.3. The van der Waals surface area contributed by atoms with Crippen LogP contribution in [0.4, 0.5) is 13.2 Å². The Bertz CT molecular complexity index is 1210. The molecule has 0 amide bonds. The minimum atomic E-state index is -4.56. The van der Waals surface area contributed by atoms with Crippen LogP contribution in [-0.2, 0) is 9.84 Å². The Morgan fingerprint density at radius 2 is 1.55 bits per heavy atom. The summed E-state index contributed by atoms with van der Waals surface area (Å²) in [6.07, 6.45) is 4.83. The van der Waals surface area contributed by atoms with Crippen LogP contribution in [0.1, 0.15) is 118 Å². The van der Waals surface area contributed by atoms with Crippen LogP contribution in [0.3, 0.4) is 0 Å². The molecule has 7 heteroatoms. The molecule has 3 nitrogen and oxygen atoms in total. The Hall–Kier alpha value is -1.08. The van der Waals surface area contributed by atoms with Gasteiger partial charge in [0.15, 0.2) is 15.4 Å². The lowest BCUT2D eigenvalue weighted by Gasteiger charge is -2.62. The third-order valence-electron chi connectivity index (χ3n) is 13.0. The fraction of sp³-hybridized carbons (Fsp3) is 0.829. The van der Waals surface area contributed by atoms with Gasteiger partial charge in [0, 0.05) is 0 Å². The summed E-state index contributed by atoms with van der Waals surface area (Å²) < 4.78 is 68.8. The van der Waals surface area contributed by atoms with Crippen LogP contribution >= 0.6 is 0 Å². The zero-order valence-corrected chi connectivity index (χ0v) is 27.2. The van der Waals surface area contributed by atoms with Crippen LogP contribution < -0.4 is 0 Å². The van der Waals surface area contributed by atoms with E-state index in [2.05, 4.69) is 34.6 Å². The summed E-state index contributed by atoms with van der Waals surface area (Å²) in [6, 6.07) is 8.92. The van der Waals surface area contributed by atoms with Gasteiger partial charge < -0.3 is 5.11 Å². The molecular weight excluding hydrogens is 557 g/mol. The minimum Gasteiger partial charge on any atom is -0.380 e. The monoisotopic (exact) mass is 610 g/mol. The standard InChI is InChI=1S/C35H53F3O3S/c1-31(2,3)19-17-27(42(40,41)26-9-7-6-8-10-26)14-11-24-13-16-29-28-15-12-25-23-34(39,35(36,37)38)22-21-33(25,5)30(28)18-20-32(24,29)4/h6-10,24-25,27-30,39H,11-23H2,1-5H3/t24?,25?,27?,28?,29?,30?,32?,33?,34-/m0/s1. The molecule has 4 saturated carbocycles. The summed E-state index contributed by atoms with van der Waals surface area (Å²) in [5.41, 5.74) is -2.44. The average Bonchev–Trinajstić information content (AvgIpc) is 3.24. The summed E-state index contributed by atoms with van der Waals surface area (Å²) in [5.74, 6) is 1.91. The van der Waals surface area contributed by atoms with E-state index in [-0.39, 0.29) is 40.3 Å². The molecule has 0 heterocycles. The van der Waals surface area contributed by atoms with Crippen molar-refractivity contribution in [1.29, 1.82) is 0 Å². The van der Waals surface area contributed by atoms with Crippen LogP contribution in [0.25, 0.3) is 0 Å². The van der Waals surface area contributed by atoms with Crippen molar-refractivity contribution >= 4 is 9.84 Å². The highest BCUT2D eigenvalue weighted by Crippen LogP contribution is 2.69. The molecule has 5 rings (SSSR count). The van der Waals surface area contributed by atoms with E-state index < -0.39 is 21.6 Å². The topological polar surface area (TPSA) is 54.4 Å². The zero-order chi connectivity index (χ0) is 30.8. The van der Waals surface area contributed by atoms with E-state index in [1.807, 2.05) is 6.07 Å². The van der Waals surface area contributed by atoms with Gasteiger partial charge in [-0.2, -0.15) is 13.2 Å². The van der Waals surface area contributed by atoms with E-state index in [9.17, 15) is 26.7 Å². The van der Waals surface area contributed by atoms with E-state index in [0.29, 0.717) is 47.8 Å². The molecule has 0 saturated heterocycles. The summed E-state index contributed by atoms with van der Waals surface area (Å²) in [7, 11) is -3.43. The molecular formula is C35H53F3O3S. The lowest BCUT2D eigenvalue weighted by Crippen LogP contribution is -2.59. The number of alkyl halides is 3. The first-order valence-electron chi connectivity index (χ1n) is 16.5. The van der Waals surface area contributed by atoms with E-state index in [0.717, 1.165) is 51.4 Å². The lowest BCUT2D eigenvalue weighted by molar-refractivity contribution is -0.290. The first-order chi connectivity index (χ1) is 19.4. The molecule has 1 aromatic rings. The normalized spacial score (nSPS) is 39.7. The van der Waals surface area contributed by atoms with E-state index >= 15 is 0 Å². The van der Waals surface area contributed by atoms with Crippen molar-refractivity contribution in [2.45, 2.75) is 140 Å². The molecule has 42 heavy (non-hydrogen) atoms. The molecule has 0 radical (unpaired) electrons. The number of hydrogen-bond acceptors (Lipinski definition) is 3. The maximum Gasteiger partial charge on any atom is 0.417 e. The van der Waals surface area contributed by atoms with Crippen LogP contribution in [0, 0.1) is 45.8 Å². The molecule has 1 N–H and O–H groups in total. The summed E-state index contributed by atoms with van der Waals surface area (Å²) in [4.78, 5) is 0.426. The van der Waals surface area contributed by atoms with E-state index in [4.69, 9.17) is 0 Å². The Kier molecular flexibility index (Phi) is 8.52. The molecule has 4 aliphatic rings. The number of hydrogen-bond donors (Lipinski definition) is 1. The lowest BCUT2D eigenvalue weighted by atomic mass is 9.43. The molecule has 0 spiro atoms. The molecule has 8 unspecified atom stereocenters. The third-order valence-corrected chi connectivity index (χ3v) is 15.3. The van der Waals surface area contributed by atoms with E-state index in [1.54, 1.807) is 24.3 Å². The predicted molar refractivity (Wildman–Crippen MR) is 162 cm³/mol. The van der Waals surface area contributed by atoms with Crippen molar-refractivity contribution < 1.29 is 26.7 Å². The Morgan fingerprint density at radius 1 is 0.881 bits per heavy atom. The van der Waals surface area contributed by atoms with Crippen LogP contribution in [0.15, 0.2) is 35.2 Å². The molecule has 0 aliphatic heterocycles. The van der Waals surface area contributed by atoms with Gasteiger partial charge in [-0.05, 0) is 141 Å².